The predicted octanol–water partition coefficient (Wildman–Crippen LogP) is 10.3. The number of halogens is 1. The van der Waals surface area contributed by atoms with E-state index >= 15 is 0 Å². The van der Waals surface area contributed by atoms with Gasteiger partial charge in [-0.25, -0.2) is 4.79 Å². The minimum atomic E-state index is -0.976. The van der Waals surface area contributed by atoms with Crippen molar-refractivity contribution in [1.29, 1.82) is 0 Å². The number of phenols is 1. The van der Waals surface area contributed by atoms with Gasteiger partial charge in [0.25, 0.3) is 0 Å². The second-order valence-electron chi connectivity index (χ2n) is 13.6. The van der Waals surface area contributed by atoms with Crippen LogP contribution in [-0.2, 0) is 17.6 Å². The Balaban J connectivity index is 1.26. The number of nitrogens with zero attached hydrogens (tertiary/aromatic N) is 1. The van der Waals surface area contributed by atoms with Gasteiger partial charge in [0.1, 0.15) is 18.5 Å². The summed E-state index contributed by atoms with van der Waals surface area (Å²) in [5.41, 5.74) is 4.66. The number of aliphatic hydroxyl groups excluding tert-OH is 1. The fourth-order valence-corrected chi connectivity index (χ4v) is 7.38. The lowest BCUT2D eigenvalue weighted by Gasteiger charge is -2.39. The van der Waals surface area contributed by atoms with Gasteiger partial charge in [-0.2, -0.15) is 0 Å². The van der Waals surface area contributed by atoms with Crippen LogP contribution in [0.1, 0.15) is 61.5 Å². The Morgan fingerprint density at radius 1 is 0.851 bits per heavy atom. The van der Waals surface area contributed by atoms with Gasteiger partial charge in [-0.05, 0) is 108 Å². The lowest BCUT2D eigenvalue weighted by Crippen LogP contribution is -2.47. The van der Waals surface area contributed by atoms with Crippen molar-refractivity contribution in [3.8, 4) is 5.75 Å². The number of fused-ring (bicyclic) bond motifs is 6. The van der Waals surface area contributed by atoms with Crippen molar-refractivity contribution in [2.75, 3.05) is 11.5 Å². The summed E-state index contributed by atoms with van der Waals surface area (Å²) in [6, 6.07) is 33.7. The second kappa shape index (κ2) is 12.2. The number of rotatable bonds is 5. The fraction of sp³-hybridized carbons (Fsp3) is 0.244. The molecule has 0 bridgehead atoms. The Hall–Kier alpha value is -4.58. The molecule has 2 atom stereocenters. The highest BCUT2D eigenvalue weighted by Crippen LogP contribution is 2.45. The molecule has 0 unspecified atom stereocenters. The maximum absolute atomic E-state index is 14.1. The molecule has 0 aliphatic heterocycles. The van der Waals surface area contributed by atoms with E-state index in [-0.39, 0.29) is 12.5 Å². The summed E-state index contributed by atoms with van der Waals surface area (Å²) in [6.45, 7) is 5.86. The number of hydrogen-bond acceptors (Lipinski definition) is 4. The van der Waals surface area contributed by atoms with Gasteiger partial charge >= 0.3 is 6.09 Å². The molecular weight excluding hydrogens is 606 g/mol. The molecule has 1 amide bonds. The zero-order valence-electron chi connectivity index (χ0n) is 26.8. The first-order chi connectivity index (χ1) is 22.6. The average Bonchev–Trinajstić information content (AvgIpc) is 3.06. The van der Waals surface area contributed by atoms with Crippen molar-refractivity contribution in [3.05, 3.63) is 130 Å². The topological polar surface area (TPSA) is 70.0 Å². The Kier molecular flexibility index (Phi) is 8.07. The SMILES string of the molecule is CC(C)(C)N(C(=O)OC[C@H](O)c1ccc(Cl)cc1)c1c([C@H]2CCc3c(ccc4c3ccc3c(O)cccc34)C2)ccc2ccccc12. The molecule has 0 fully saturated rings. The highest BCUT2D eigenvalue weighted by atomic mass is 35.5. The molecule has 1 aliphatic rings. The molecule has 6 aromatic rings. The lowest BCUT2D eigenvalue weighted by molar-refractivity contribution is 0.0696. The number of anilines is 1. The third-order valence-corrected chi connectivity index (χ3v) is 9.77. The number of carbonyl (C=O) groups excluding carboxylic acids is 1. The molecule has 2 N–H and O–H groups in total. The molecule has 5 nitrogen and oxygen atoms in total. The first-order valence-electron chi connectivity index (χ1n) is 16.2. The summed E-state index contributed by atoms with van der Waals surface area (Å²) in [5.74, 6) is 0.480. The summed E-state index contributed by atoms with van der Waals surface area (Å²) in [5, 5.41) is 28.2. The number of ether oxygens (including phenoxy) is 1. The van der Waals surface area contributed by atoms with Gasteiger partial charge in [-0.1, -0.05) is 96.5 Å². The van der Waals surface area contributed by atoms with E-state index in [4.69, 9.17) is 16.3 Å². The monoisotopic (exact) mass is 643 g/mol. The number of aryl methyl sites for hydroxylation is 1. The van der Waals surface area contributed by atoms with Gasteiger partial charge in [-0.15, -0.1) is 0 Å². The second-order valence-corrected chi connectivity index (χ2v) is 14.0. The lowest BCUT2D eigenvalue weighted by atomic mass is 9.77. The molecule has 0 heterocycles. The van der Waals surface area contributed by atoms with Crippen LogP contribution in [0, 0.1) is 0 Å². The van der Waals surface area contributed by atoms with Crippen LogP contribution in [0.2, 0.25) is 5.02 Å². The van der Waals surface area contributed by atoms with Crippen molar-refractivity contribution < 1.29 is 19.7 Å². The highest BCUT2D eigenvalue weighted by Gasteiger charge is 2.35. The van der Waals surface area contributed by atoms with Gasteiger partial charge < -0.3 is 14.9 Å². The third-order valence-electron chi connectivity index (χ3n) is 9.52. The molecule has 0 radical (unpaired) electrons. The van der Waals surface area contributed by atoms with Crippen LogP contribution in [-0.4, -0.2) is 28.5 Å². The Labute approximate surface area is 280 Å². The van der Waals surface area contributed by atoms with Crippen molar-refractivity contribution in [2.45, 2.75) is 57.6 Å². The van der Waals surface area contributed by atoms with Crippen LogP contribution < -0.4 is 4.90 Å². The molecule has 1 aliphatic carbocycles. The van der Waals surface area contributed by atoms with Gasteiger partial charge in [0, 0.05) is 21.3 Å². The summed E-state index contributed by atoms with van der Waals surface area (Å²) < 4.78 is 5.86. The molecule has 0 spiro atoms. The Bertz CT molecular complexity index is 2130. The zero-order chi connectivity index (χ0) is 32.9. The van der Waals surface area contributed by atoms with E-state index in [0.717, 1.165) is 57.4 Å². The number of benzene rings is 6. The van der Waals surface area contributed by atoms with E-state index < -0.39 is 17.7 Å². The smallest absolute Gasteiger partial charge is 0.414 e. The molecule has 0 saturated carbocycles. The molecule has 0 saturated heterocycles. The molecule has 6 heteroatoms. The minimum Gasteiger partial charge on any atom is -0.507 e. The summed E-state index contributed by atoms with van der Waals surface area (Å²) in [7, 11) is 0. The largest absolute Gasteiger partial charge is 0.507 e. The first-order valence-corrected chi connectivity index (χ1v) is 16.6. The van der Waals surface area contributed by atoms with E-state index in [1.807, 2.05) is 45.0 Å². The van der Waals surface area contributed by atoms with Crippen molar-refractivity contribution in [3.63, 3.8) is 0 Å². The predicted molar refractivity (Wildman–Crippen MR) is 192 cm³/mol. The zero-order valence-corrected chi connectivity index (χ0v) is 27.6. The maximum Gasteiger partial charge on any atom is 0.414 e. The quantitative estimate of drug-likeness (QED) is 0.183. The van der Waals surface area contributed by atoms with E-state index in [0.29, 0.717) is 16.3 Å². The van der Waals surface area contributed by atoms with Crippen LogP contribution in [0.3, 0.4) is 0 Å². The van der Waals surface area contributed by atoms with Crippen LogP contribution in [0.25, 0.3) is 32.3 Å². The highest BCUT2D eigenvalue weighted by molar-refractivity contribution is 6.30. The standard InChI is InChI=1S/C41H38ClNO4/c1-41(2,3)43(40(46)47-24-38(45)26-11-16-29(42)17-12-26)39-31-8-5-4-7-25(31)13-19-32(39)28-14-18-30-27(23-28)15-20-35-33-9-6-10-37(44)36(33)22-21-34(30)35/h4-13,15-17,19-22,28,38,44-45H,14,18,23-24H2,1-3H3/t28-,38-/m0/s1. The molecular formula is C41H38ClNO4. The first kappa shape index (κ1) is 31.0. The van der Waals surface area contributed by atoms with E-state index in [9.17, 15) is 15.0 Å². The average molecular weight is 644 g/mol. The van der Waals surface area contributed by atoms with Crippen LogP contribution in [0.5, 0.6) is 5.75 Å². The molecule has 47 heavy (non-hydrogen) atoms. The number of hydrogen-bond donors (Lipinski definition) is 2. The summed E-state index contributed by atoms with van der Waals surface area (Å²) in [4.78, 5) is 15.9. The van der Waals surface area contributed by atoms with Crippen LogP contribution in [0.4, 0.5) is 10.5 Å². The van der Waals surface area contributed by atoms with Gasteiger partial charge in [0.15, 0.2) is 0 Å². The van der Waals surface area contributed by atoms with Crippen LogP contribution >= 0.6 is 11.6 Å². The third kappa shape index (κ3) is 5.79. The summed E-state index contributed by atoms with van der Waals surface area (Å²) in [6.07, 6.45) is 1.20. The molecule has 6 aromatic carbocycles. The van der Waals surface area contributed by atoms with E-state index in [1.54, 1.807) is 35.2 Å². The molecule has 0 aromatic heterocycles. The molecule has 238 valence electrons. The van der Waals surface area contributed by atoms with Gasteiger partial charge in [0.2, 0.25) is 0 Å². The number of carbonyl (C=O) groups is 1. The van der Waals surface area contributed by atoms with E-state index in [1.165, 1.54) is 16.5 Å². The Morgan fingerprint density at radius 2 is 1.55 bits per heavy atom. The van der Waals surface area contributed by atoms with Crippen molar-refractivity contribution in [2.24, 2.45) is 0 Å². The maximum atomic E-state index is 14.1. The number of aromatic hydroxyl groups is 1. The van der Waals surface area contributed by atoms with Gasteiger partial charge in [0.05, 0.1) is 5.69 Å². The number of aliphatic hydroxyl groups is 1. The van der Waals surface area contributed by atoms with Crippen LogP contribution in [0.15, 0.2) is 103 Å². The summed E-state index contributed by atoms with van der Waals surface area (Å²) >= 11 is 6.03. The minimum absolute atomic E-state index is 0.177. The van der Waals surface area contributed by atoms with Crippen molar-refractivity contribution in [1.82, 2.24) is 0 Å². The van der Waals surface area contributed by atoms with Gasteiger partial charge in [-0.3, -0.25) is 4.90 Å². The number of phenolic OH excluding ortho intramolecular Hbond substituents is 1. The Morgan fingerprint density at radius 3 is 2.34 bits per heavy atom. The molecule has 7 rings (SSSR count). The number of amides is 1. The van der Waals surface area contributed by atoms with Crippen molar-refractivity contribution >= 4 is 55.7 Å². The fourth-order valence-electron chi connectivity index (χ4n) is 7.25. The van der Waals surface area contributed by atoms with E-state index in [2.05, 4.69) is 48.5 Å². The normalized spacial score (nSPS) is 15.5.